The summed E-state index contributed by atoms with van der Waals surface area (Å²) in [5, 5.41) is 9.71. The van der Waals surface area contributed by atoms with E-state index in [1.54, 1.807) is 34.1 Å². The molecule has 7 nitrogen and oxygen atoms in total. The number of carbonyl (C=O) groups excluding carboxylic acids is 1. The van der Waals surface area contributed by atoms with Gasteiger partial charge in [-0.15, -0.1) is 0 Å². The first-order valence-electron chi connectivity index (χ1n) is 7.66. The molecule has 0 aliphatic rings. The highest BCUT2D eigenvalue weighted by molar-refractivity contribution is 5.93. The molecule has 7 heteroatoms. The predicted molar refractivity (Wildman–Crippen MR) is 90.4 cm³/mol. The van der Waals surface area contributed by atoms with Crippen LogP contribution in [0.15, 0.2) is 28.8 Å². The van der Waals surface area contributed by atoms with Crippen molar-refractivity contribution in [2.45, 2.75) is 32.9 Å². The van der Waals surface area contributed by atoms with E-state index in [2.05, 4.69) is 15.8 Å². The van der Waals surface area contributed by atoms with Crippen LogP contribution in [0.2, 0.25) is 0 Å². The van der Waals surface area contributed by atoms with Crippen molar-refractivity contribution in [2.24, 2.45) is 0 Å². The highest BCUT2D eigenvalue weighted by Crippen LogP contribution is 2.29. The van der Waals surface area contributed by atoms with Crippen molar-refractivity contribution in [2.75, 3.05) is 19.5 Å². The molecule has 0 saturated carbocycles. The molecule has 0 radical (unpaired) electrons. The number of aromatic nitrogens is 1. The minimum Gasteiger partial charge on any atom is -0.497 e. The van der Waals surface area contributed by atoms with Gasteiger partial charge in [0.1, 0.15) is 17.3 Å². The molecule has 1 aromatic carbocycles. The van der Waals surface area contributed by atoms with Crippen LogP contribution in [0.3, 0.4) is 0 Å². The molecule has 0 saturated heterocycles. The van der Waals surface area contributed by atoms with Crippen molar-refractivity contribution in [3.8, 4) is 11.5 Å². The van der Waals surface area contributed by atoms with E-state index < -0.39 is 6.04 Å². The Morgan fingerprint density at radius 3 is 2.54 bits per heavy atom. The Bertz CT molecular complexity index is 699. The van der Waals surface area contributed by atoms with Crippen molar-refractivity contribution in [3.63, 3.8) is 0 Å². The summed E-state index contributed by atoms with van der Waals surface area (Å²) in [6.45, 7) is 5.51. The molecule has 2 N–H and O–H groups in total. The predicted octanol–water partition coefficient (Wildman–Crippen LogP) is 2.68. The Hall–Kier alpha value is -2.54. The van der Waals surface area contributed by atoms with Gasteiger partial charge < -0.3 is 19.3 Å². The van der Waals surface area contributed by atoms with Gasteiger partial charge >= 0.3 is 0 Å². The first-order valence-corrected chi connectivity index (χ1v) is 7.66. The molecule has 0 aliphatic carbocycles. The maximum Gasteiger partial charge on any atom is 0.242 e. The van der Waals surface area contributed by atoms with Crippen LogP contribution in [0.4, 0.5) is 5.82 Å². The lowest BCUT2D eigenvalue weighted by Gasteiger charge is -2.21. The van der Waals surface area contributed by atoms with Gasteiger partial charge in [-0.1, -0.05) is 5.16 Å². The van der Waals surface area contributed by atoms with E-state index in [1.165, 1.54) is 0 Å². The fraction of sp³-hybridized carbons (Fsp3) is 0.412. The third kappa shape index (κ3) is 4.26. The van der Waals surface area contributed by atoms with Gasteiger partial charge in [0, 0.05) is 17.7 Å². The zero-order chi connectivity index (χ0) is 17.7. The average molecular weight is 333 g/mol. The summed E-state index contributed by atoms with van der Waals surface area (Å²) >= 11 is 0. The maximum absolute atomic E-state index is 12.3. The zero-order valence-corrected chi connectivity index (χ0v) is 14.5. The van der Waals surface area contributed by atoms with Crippen LogP contribution in [0.5, 0.6) is 11.5 Å². The van der Waals surface area contributed by atoms with Crippen molar-refractivity contribution < 1.29 is 18.8 Å². The summed E-state index contributed by atoms with van der Waals surface area (Å²) in [5.74, 6) is 2.31. The van der Waals surface area contributed by atoms with E-state index in [4.69, 9.17) is 14.0 Å². The number of nitrogens with zero attached hydrogens (tertiary/aromatic N) is 1. The average Bonchev–Trinajstić information content (AvgIpc) is 2.98. The van der Waals surface area contributed by atoms with Crippen LogP contribution in [0.1, 0.15) is 31.2 Å². The third-order valence-electron chi connectivity index (χ3n) is 3.68. The van der Waals surface area contributed by atoms with Crippen LogP contribution in [0, 0.1) is 6.92 Å². The number of benzene rings is 1. The van der Waals surface area contributed by atoms with Gasteiger partial charge in [-0.05, 0) is 39.0 Å². The number of rotatable bonds is 7. The first kappa shape index (κ1) is 17.8. The second kappa shape index (κ2) is 7.83. The smallest absolute Gasteiger partial charge is 0.242 e. The van der Waals surface area contributed by atoms with E-state index >= 15 is 0 Å². The Balaban J connectivity index is 2.05. The number of carbonyl (C=O) groups is 1. The summed E-state index contributed by atoms with van der Waals surface area (Å²) in [5.41, 5.74) is 0.911. The van der Waals surface area contributed by atoms with Crippen LogP contribution in [-0.2, 0) is 4.79 Å². The largest absolute Gasteiger partial charge is 0.497 e. The molecule has 2 aromatic rings. The summed E-state index contributed by atoms with van der Waals surface area (Å²) < 4.78 is 15.6. The molecule has 0 spiro atoms. The van der Waals surface area contributed by atoms with Gasteiger partial charge in [0.15, 0.2) is 5.82 Å². The Labute approximate surface area is 141 Å². The van der Waals surface area contributed by atoms with Crippen molar-refractivity contribution >= 4 is 11.7 Å². The molecular weight excluding hydrogens is 310 g/mol. The lowest BCUT2D eigenvalue weighted by Crippen LogP contribution is -2.39. The molecule has 1 amide bonds. The van der Waals surface area contributed by atoms with Gasteiger partial charge in [0.05, 0.1) is 20.3 Å². The molecule has 1 aromatic heterocycles. The maximum atomic E-state index is 12.3. The standard InChI is InChI=1S/C17H23N3O4/c1-10-8-16(20-24-10)19-17(21)12(3)18-11(2)14-9-13(22-4)6-7-15(14)23-5/h6-9,11-12,18H,1-5H3,(H,19,20,21)/t11-,12+/m1/s1. The Kier molecular flexibility index (Phi) is 5.81. The van der Waals surface area contributed by atoms with Crippen molar-refractivity contribution in [1.29, 1.82) is 0 Å². The number of amides is 1. The SMILES string of the molecule is COc1ccc(OC)c([C@@H](C)N[C@@H](C)C(=O)Nc2cc(C)on2)c1. The van der Waals surface area contributed by atoms with Crippen LogP contribution >= 0.6 is 0 Å². The quantitative estimate of drug-likeness (QED) is 0.810. The molecule has 24 heavy (non-hydrogen) atoms. The summed E-state index contributed by atoms with van der Waals surface area (Å²) in [6, 6.07) is 6.68. The summed E-state index contributed by atoms with van der Waals surface area (Å²) in [7, 11) is 3.22. The number of hydrogen-bond acceptors (Lipinski definition) is 6. The lowest BCUT2D eigenvalue weighted by atomic mass is 10.1. The monoisotopic (exact) mass is 333 g/mol. The van der Waals surface area contributed by atoms with E-state index in [1.807, 2.05) is 25.1 Å². The minimum atomic E-state index is -0.437. The van der Waals surface area contributed by atoms with Crippen LogP contribution in [0.25, 0.3) is 0 Å². The molecule has 1 heterocycles. The minimum absolute atomic E-state index is 0.116. The number of hydrogen-bond donors (Lipinski definition) is 2. The molecule has 2 rings (SSSR count). The first-order chi connectivity index (χ1) is 11.4. The van der Waals surface area contributed by atoms with E-state index in [0.29, 0.717) is 11.6 Å². The highest BCUT2D eigenvalue weighted by Gasteiger charge is 2.20. The number of aryl methyl sites for hydroxylation is 1. The second-order valence-corrected chi connectivity index (χ2v) is 5.53. The number of ether oxygens (including phenoxy) is 2. The van der Waals surface area contributed by atoms with Crippen LogP contribution < -0.4 is 20.1 Å². The summed E-state index contributed by atoms with van der Waals surface area (Å²) in [6.07, 6.45) is 0. The lowest BCUT2D eigenvalue weighted by molar-refractivity contribution is -0.118. The van der Waals surface area contributed by atoms with E-state index in [9.17, 15) is 4.79 Å². The van der Waals surface area contributed by atoms with Crippen molar-refractivity contribution in [3.05, 3.63) is 35.6 Å². The molecule has 0 aliphatic heterocycles. The topological polar surface area (TPSA) is 85.6 Å². The molecule has 130 valence electrons. The fourth-order valence-electron chi connectivity index (χ4n) is 2.38. The normalized spacial score (nSPS) is 13.2. The molecule has 2 atom stereocenters. The zero-order valence-electron chi connectivity index (χ0n) is 14.5. The van der Waals surface area contributed by atoms with Crippen LogP contribution in [-0.4, -0.2) is 31.3 Å². The summed E-state index contributed by atoms with van der Waals surface area (Å²) in [4.78, 5) is 12.3. The molecule has 0 bridgehead atoms. The van der Waals surface area contributed by atoms with Gasteiger partial charge in [-0.25, -0.2) is 0 Å². The van der Waals surface area contributed by atoms with Gasteiger partial charge in [0.25, 0.3) is 0 Å². The van der Waals surface area contributed by atoms with E-state index in [0.717, 1.165) is 17.1 Å². The Morgan fingerprint density at radius 2 is 1.96 bits per heavy atom. The van der Waals surface area contributed by atoms with E-state index in [-0.39, 0.29) is 11.9 Å². The Morgan fingerprint density at radius 1 is 1.21 bits per heavy atom. The van der Waals surface area contributed by atoms with Gasteiger partial charge in [-0.2, -0.15) is 0 Å². The molecular formula is C17H23N3O4. The number of nitrogens with one attached hydrogen (secondary N) is 2. The van der Waals surface area contributed by atoms with Crippen molar-refractivity contribution in [1.82, 2.24) is 10.5 Å². The molecule has 0 unspecified atom stereocenters. The number of anilines is 1. The van der Waals surface area contributed by atoms with Gasteiger partial charge in [-0.3, -0.25) is 10.1 Å². The number of methoxy groups -OCH3 is 2. The fourth-order valence-corrected chi connectivity index (χ4v) is 2.38. The second-order valence-electron chi connectivity index (χ2n) is 5.53. The van der Waals surface area contributed by atoms with Gasteiger partial charge in [0.2, 0.25) is 5.91 Å². The third-order valence-corrected chi connectivity index (χ3v) is 3.68. The molecule has 0 fully saturated rings. The highest BCUT2D eigenvalue weighted by atomic mass is 16.5.